The maximum Gasteiger partial charge on any atom is 0.235 e. The van der Waals surface area contributed by atoms with Gasteiger partial charge in [-0.15, -0.1) is 0 Å². The molecule has 7 saturated heterocycles. The Morgan fingerprint density at radius 3 is 0.591 bits per heavy atom. The quantitative estimate of drug-likeness (QED) is 0.146. The summed E-state index contributed by atoms with van der Waals surface area (Å²) in [5.41, 5.74) is -1.17. The fourth-order valence-electron chi connectivity index (χ4n) is 19.1. The third-order valence-electron chi connectivity index (χ3n) is 28.9. The average molecular weight is 1540 g/mol. The molecular formula is C89H143N7O14. The van der Waals surface area contributed by atoms with E-state index in [0.29, 0.717) is 0 Å². The van der Waals surface area contributed by atoms with Crippen LogP contribution in [-0.4, -0.2) is 159 Å². The van der Waals surface area contributed by atoms with Gasteiger partial charge in [0.25, 0.3) is 0 Å². The zero-order valence-electron chi connectivity index (χ0n) is 70.9. The lowest BCUT2D eigenvalue weighted by Crippen LogP contribution is -2.66. The van der Waals surface area contributed by atoms with E-state index in [1.807, 2.05) is 118 Å². The maximum atomic E-state index is 12.4. The van der Waals surface area contributed by atoms with E-state index in [-0.39, 0.29) is 196 Å². The van der Waals surface area contributed by atoms with Gasteiger partial charge in [-0.3, -0.25) is 101 Å². The number of rotatable bonds is 14. The van der Waals surface area contributed by atoms with Crippen molar-refractivity contribution in [2.24, 2.45) is 81.3 Å². The Kier molecular flexibility index (Phi) is 31.6. The van der Waals surface area contributed by atoms with Crippen molar-refractivity contribution in [2.75, 3.05) is 0 Å². The Hall–Kier alpha value is -6.02. The van der Waals surface area contributed by atoms with Crippen molar-refractivity contribution < 1.29 is 67.1 Å². The van der Waals surface area contributed by atoms with Gasteiger partial charge in [0.2, 0.25) is 82.7 Å². The van der Waals surface area contributed by atoms with Crippen LogP contribution in [0, 0.1) is 81.3 Å². The van der Waals surface area contributed by atoms with Crippen molar-refractivity contribution in [2.45, 2.75) is 398 Å². The molecule has 21 heteroatoms. The van der Waals surface area contributed by atoms with Crippen LogP contribution in [-0.2, 0) is 67.1 Å². The predicted octanol–water partition coefficient (Wildman–Crippen LogP) is 15.7. The summed E-state index contributed by atoms with van der Waals surface area (Å²) in [5, 5.41) is 0. The van der Waals surface area contributed by atoms with E-state index < -0.39 is 10.8 Å². The number of imide groups is 7. The van der Waals surface area contributed by atoms with Crippen LogP contribution < -0.4 is 0 Å². The molecule has 14 rings (SSSR count). The zero-order chi connectivity index (χ0) is 81.2. The molecule has 7 aliphatic carbocycles. The summed E-state index contributed by atoms with van der Waals surface area (Å²) >= 11 is 0. The number of hydrogen-bond donors (Lipinski definition) is 0. The minimum atomic E-state index is -0.396. The van der Waals surface area contributed by atoms with Crippen LogP contribution >= 0.6 is 0 Å². The van der Waals surface area contributed by atoms with Gasteiger partial charge in [0.15, 0.2) is 0 Å². The number of carbonyl (C=O) groups excluding carboxylic acids is 14. The van der Waals surface area contributed by atoms with Crippen molar-refractivity contribution in [3.63, 3.8) is 0 Å². The fourth-order valence-corrected chi connectivity index (χ4v) is 19.1. The molecule has 0 spiro atoms. The molecule has 0 aromatic carbocycles. The van der Waals surface area contributed by atoms with Crippen LogP contribution in [0.2, 0.25) is 0 Å². The van der Waals surface area contributed by atoms with Crippen molar-refractivity contribution in [1.82, 2.24) is 34.3 Å². The summed E-state index contributed by atoms with van der Waals surface area (Å²) in [6.45, 7) is 33.2. The molecule has 14 aliphatic rings. The van der Waals surface area contributed by atoms with E-state index >= 15 is 0 Å². The second kappa shape index (κ2) is 38.9. The largest absolute Gasteiger partial charge is 0.278 e. The summed E-state index contributed by atoms with van der Waals surface area (Å²) in [4.78, 5) is 179. The summed E-state index contributed by atoms with van der Waals surface area (Å²) in [5.74, 6) is 2.02. The molecule has 110 heavy (non-hydrogen) atoms. The van der Waals surface area contributed by atoms with Gasteiger partial charge in [-0.2, -0.15) is 0 Å². The molecule has 18 atom stereocenters. The maximum absolute atomic E-state index is 12.4. The standard InChI is InChI=1S/2C14H23NO2.2C13H21NO2.2C12H19NO2.C11H17NO2/c1-4-14(2,3)13(17)15-11-9-7-5-6-8-10(11)12(15)16;1-3-10(2)13(16)15-12-9-7-5-4-6-8-11(12)14(15)17;1-4-13(2,3)12(16)14-10-8-6-5-7-9(10)11(14)15;1-3-9(2)12(15)14-11-8-6-4-5-7-10(11)13(14)16;1-4-12(2,3)11(15)13-9-7-5-6-8(9)10(13)14;1-3-8(2)11(14)13-10-7-5-4-6-9(10)12(13)15;1-3-7(2)10(13)12-9-6-4-5-8(9)11(12)14/h10-11H,4-9H2,1-3H3;10-12H,3-9H2,1-2H3;9-10H,4-8H2,1-3H3;9-11H,3-8H2,1-2H3;8-9H,4-7H2,1-3H3;8-10H,3-7H2,1-2H3;7-9H,3-6H2,1-2H3. The molecule has 7 aliphatic heterocycles. The van der Waals surface area contributed by atoms with Crippen molar-refractivity contribution in [3.8, 4) is 0 Å². The van der Waals surface area contributed by atoms with Crippen LogP contribution in [0.4, 0.5) is 0 Å². The number of nitrogens with zero attached hydrogens (tertiary/aromatic N) is 7. The molecule has 14 fully saturated rings. The lowest BCUT2D eigenvalue weighted by atomic mass is 9.74. The van der Waals surface area contributed by atoms with Crippen molar-refractivity contribution in [1.29, 1.82) is 0 Å². The molecule has 618 valence electrons. The number of β-lactam (4-membered cyclic amide) rings is 7. The van der Waals surface area contributed by atoms with Gasteiger partial charge < -0.3 is 0 Å². The smallest absolute Gasteiger partial charge is 0.235 e. The third-order valence-corrected chi connectivity index (χ3v) is 28.9. The molecule has 0 aromatic heterocycles. The Morgan fingerprint density at radius 2 is 0.391 bits per heavy atom. The molecule has 0 N–H and O–H groups in total. The molecule has 14 amide bonds. The number of likely N-dealkylation sites (tertiary alicyclic amines) is 7. The first kappa shape index (κ1) is 89.5. The van der Waals surface area contributed by atoms with Crippen LogP contribution in [0.25, 0.3) is 0 Å². The molecule has 0 radical (unpaired) electrons. The van der Waals surface area contributed by atoms with E-state index in [9.17, 15) is 67.1 Å². The molecule has 7 saturated carbocycles. The van der Waals surface area contributed by atoms with Gasteiger partial charge in [-0.05, 0) is 135 Å². The summed E-state index contributed by atoms with van der Waals surface area (Å²) < 4.78 is 0. The summed E-state index contributed by atoms with van der Waals surface area (Å²) in [6, 6.07) is 1.62. The Bertz CT molecular complexity index is 3340. The van der Waals surface area contributed by atoms with Gasteiger partial charge in [0.1, 0.15) is 0 Å². The second-order valence-electron chi connectivity index (χ2n) is 37.1. The van der Waals surface area contributed by atoms with E-state index in [1.54, 1.807) is 19.6 Å². The first-order valence-corrected chi connectivity index (χ1v) is 44.2. The summed E-state index contributed by atoms with van der Waals surface area (Å²) in [6.07, 6.45) is 38.4. The number of fused-ring (bicyclic) bond motifs is 7. The zero-order valence-corrected chi connectivity index (χ0v) is 70.9. The van der Waals surface area contributed by atoms with Gasteiger partial charge in [-0.1, -0.05) is 220 Å². The minimum Gasteiger partial charge on any atom is -0.278 e. The Morgan fingerprint density at radius 1 is 0.245 bits per heavy atom. The highest BCUT2D eigenvalue weighted by molar-refractivity contribution is 6.07. The Labute approximate surface area is 659 Å². The third kappa shape index (κ3) is 18.7. The van der Waals surface area contributed by atoms with E-state index in [4.69, 9.17) is 0 Å². The molecule has 7 heterocycles. The van der Waals surface area contributed by atoms with Crippen molar-refractivity contribution in [3.05, 3.63) is 0 Å². The predicted molar refractivity (Wildman–Crippen MR) is 422 cm³/mol. The van der Waals surface area contributed by atoms with Crippen LogP contribution in [0.15, 0.2) is 0 Å². The Balaban J connectivity index is 0.000000161. The van der Waals surface area contributed by atoms with Crippen LogP contribution in [0.3, 0.4) is 0 Å². The van der Waals surface area contributed by atoms with Crippen LogP contribution in [0.5, 0.6) is 0 Å². The van der Waals surface area contributed by atoms with E-state index in [0.717, 1.165) is 193 Å². The number of carbonyl (C=O) groups is 14. The highest BCUT2D eigenvalue weighted by Gasteiger charge is 2.59. The number of amides is 14. The molecule has 18 unspecified atom stereocenters. The van der Waals surface area contributed by atoms with E-state index in [1.165, 1.54) is 59.6 Å². The number of hydrogen-bond acceptors (Lipinski definition) is 14. The second-order valence-corrected chi connectivity index (χ2v) is 37.1. The average Bonchev–Trinajstić information content (AvgIpc) is 1.56. The first-order chi connectivity index (χ1) is 52.1. The monoisotopic (exact) mass is 1530 g/mol. The highest BCUT2D eigenvalue weighted by Crippen LogP contribution is 2.47. The van der Waals surface area contributed by atoms with Crippen LogP contribution in [0.1, 0.15) is 355 Å². The fraction of sp³-hybridized carbons (Fsp3) is 0.843. The van der Waals surface area contributed by atoms with Gasteiger partial charge in [0, 0.05) is 39.9 Å². The van der Waals surface area contributed by atoms with Crippen molar-refractivity contribution >= 4 is 82.7 Å². The van der Waals surface area contributed by atoms with E-state index in [2.05, 4.69) is 0 Å². The minimum absolute atomic E-state index is 0.000463. The topological polar surface area (TPSA) is 262 Å². The van der Waals surface area contributed by atoms with Gasteiger partial charge in [0.05, 0.1) is 83.7 Å². The SMILES string of the molecule is CCC(C)(C)C(=O)N1C(=O)C2CCCC21.CCC(C)(C)C(=O)N1C(=O)C2CCCCC21.CCC(C)(C)C(=O)N1C(=O)C2CCCCCC21.CCC(C)C(=O)N1C(=O)C2CCCC21.CCC(C)C(=O)N1C(=O)C2CCCCC21.CCC(C)C(=O)N1C(=O)C2CCCCCC21.CCC(C)C(=O)N1C(=O)C2CCCCCCC21. The van der Waals surface area contributed by atoms with Gasteiger partial charge >= 0.3 is 0 Å². The molecule has 0 bridgehead atoms. The normalized spacial score (nSPS) is 30.8. The lowest BCUT2D eigenvalue weighted by molar-refractivity contribution is -0.175. The van der Waals surface area contributed by atoms with Gasteiger partial charge in [-0.25, -0.2) is 0 Å². The lowest BCUT2D eigenvalue weighted by Gasteiger charge is -2.50. The molecule has 0 aromatic rings. The highest BCUT2D eigenvalue weighted by atomic mass is 16.2. The first-order valence-electron chi connectivity index (χ1n) is 44.2. The molecule has 21 nitrogen and oxygen atoms in total. The summed E-state index contributed by atoms with van der Waals surface area (Å²) in [7, 11) is 0. The molecular weight excluding hydrogens is 1390 g/mol.